The van der Waals surface area contributed by atoms with Gasteiger partial charge in [0.2, 0.25) is 0 Å². The van der Waals surface area contributed by atoms with Gasteiger partial charge in [-0.2, -0.15) is 0 Å². The first-order chi connectivity index (χ1) is 3.93. The van der Waals surface area contributed by atoms with E-state index in [4.69, 9.17) is 11.6 Å². The van der Waals surface area contributed by atoms with E-state index in [0.717, 1.165) is 0 Å². The molecule has 3 heteroatoms. The lowest BCUT2D eigenvalue weighted by Crippen LogP contribution is -2.19. The number of alkyl halides is 1. The van der Waals surface area contributed by atoms with Crippen LogP contribution in [0, 0.1) is 0 Å². The molecule has 0 aromatic carbocycles. The van der Waals surface area contributed by atoms with Gasteiger partial charge in [-0.25, -0.2) is 0 Å². The molecule has 0 spiro atoms. The summed E-state index contributed by atoms with van der Waals surface area (Å²) in [5, 5.41) is 0. The molecule has 0 bridgehead atoms. The van der Waals surface area contributed by atoms with E-state index in [9.17, 15) is 0 Å². The van der Waals surface area contributed by atoms with Gasteiger partial charge in [-0.15, -0.1) is 11.6 Å². The first kappa shape index (κ1) is 5.77. The van der Waals surface area contributed by atoms with Crippen LogP contribution in [-0.2, 0) is 0 Å². The zero-order valence-electron chi connectivity index (χ0n) is 4.42. The molecular formula is C5H6BClN. The van der Waals surface area contributed by atoms with Crippen LogP contribution in [0.4, 0.5) is 0 Å². The maximum absolute atomic E-state index is 5.49. The summed E-state index contributed by atoms with van der Waals surface area (Å²) < 4.78 is 0. The molecular weight excluding hydrogens is 120 g/mol. The quantitative estimate of drug-likeness (QED) is 0.289. The third kappa shape index (κ3) is 1.30. The molecule has 0 atom stereocenters. The van der Waals surface area contributed by atoms with E-state index in [2.05, 4.69) is 0 Å². The van der Waals surface area contributed by atoms with Crippen molar-refractivity contribution in [2.75, 3.05) is 6.00 Å². The van der Waals surface area contributed by atoms with Gasteiger partial charge in [0.15, 0.2) is 0 Å². The zero-order valence-corrected chi connectivity index (χ0v) is 5.17. The normalized spacial score (nSPS) is 16.4. The van der Waals surface area contributed by atoms with E-state index >= 15 is 0 Å². The Bertz CT molecular complexity index is 122. The highest BCUT2D eigenvalue weighted by Gasteiger charge is 1.96. The van der Waals surface area contributed by atoms with Gasteiger partial charge in [0.25, 0.3) is 7.41 Å². The molecule has 1 radical (unpaired) electrons. The second-order valence-electron chi connectivity index (χ2n) is 1.51. The fraction of sp³-hybridized carbons (Fsp3) is 0.200. The fourth-order valence-electron chi connectivity index (χ4n) is 0.514. The van der Waals surface area contributed by atoms with Crippen LogP contribution in [0.5, 0.6) is 0 Å². The fourth-order valence-corrected chi connectivity index (χ4v) is 0.673. The minimum atomic E-state index is 0.529. The van der Waals surface area contributed by atoms with E-state index in [1.807, 2.05) is 36.6 Å². The van der Waals surface area contributed by atoms with Gasteiger partial charge in [0.05, 0.1) is 6.00 Å². The second kappa shape index (κ2) is 2.83. The number of hydrogen-bond donors (Lipinski definition) is 0. The number of allylic oxidation sites excluding steroid dienone is 2. The van der Waals surface area contributed by atoms with Gasteiger partial charge in [-0.3, -0.25) is 0 Å². The highest BCUT2D eigenvalue weighted by atomic mass is 35.5. The Morgan fingerprint density at radius 2 is 2.38 bits per heavy atom. The van der Waals surface area contributed by atoms with E-state index in [-0.39, 0.29) is 0 Å². The largest absolute Gasteiger partial charge is 0.408 e. The predicted octanol–water partition coefficient (Wildman–Crippen LogP) is 1.14. The third-order valence-corrected chi connectivity index (χ3v) is 1.19. The third-order valence-electron chi connectivity index (χ3n) is 0.915. The van der Waals surface area contributed by atoms with E-state index in [1.165, 1.54) is 0 Å². The summed E-state index contributed by atoms with van der Waals surface area (Å²) in [6.07, 6.45) is 5.83. The second-order valence-corrected chi connectivity index (χ2v) is 1.75. The molecule has 41 valence electrons. The highest BCUT2D eigenvalue weighted by Crippen LogP contribution is 1.95. The van der Waals surface area contributed by atoms with E-state index in [1.54, 1.807) is 0 Å². The average Bonchev–Trinajstić information content (AvgIpc) is 1.90. The highest BCUT2D eigenvalue weighted by molar-refractivity contribution is 6.41. The molecule has 0 fully saturated rings. The van der Waals surface area contributed by atoms with E-state index < -0.39 is 0 Å². The molecule has 0 saturated carbocycles. The Morgan fingerprint density at radius 1 is 1.50 bits per heavy atom. The molecule has 0 aliphatic carbocycles. The Balaban J connectivity index is 2.40. The van der Waals surface area contributed by atoms with E-state index in [0.29, 0.717) is 6.00 Å². The maximum Gasteiger partial charge on any atom is 0.277 e. The van der Waals surface area contributed by atoms with Crippen molar-refractivity contribution in [2.45, 2.75) is 0 Å². The van der Waals surface area contributed by atoms with Crippen LogP contribution in [0.2, 0.25) is 0 Å². The van der Waals surface area contributed by atoms with Crippen molar-refractivity contribution in [1.29, 1.82) is 0 Å². The van der Waals surface area contributed by atoms with Gasteiger partial charge in [-0.05, 0) is 12.3 Å². The molecule has 0 saturated heterocycles. The summed E-state index contributed by atoms with van der Waals surface area (Å²) >= 11 is 5.49. The molecule has 1 nitrogen and oxygen atoms in total. The van der Waals surface area contributed by atoms with Crippen molar-refractivity contribution in [3.05, 3.63) is 24.3 Å². The Kier molecular flexibility index (Phi) is 2.04. The lowest BCUT2D eigenvalue weighted by Gasteiger charge is -2.14. The average molecular weight is 126 g/mol. The molecule has 0 amide bonds. The van der Waals surface area contributed by atoms with Crippen molar-refractivity contribution in [3.63, 3.8) is 0 Å². The lowest BCUT2D eigenvalue weighted by molar-refractivity contribution is 0.700. The molecule has 1 aliphatic rings. The summed E-state index contributed by atoms with van der Waals surface area (Å²) in [5.41, 5.74) is 0. The monoisotopic (exact) mass is 126 g/mol. The summed E-state index contributed by atoms with van der Waals surface area (Å²) in [6, 6.07) is 0.529. The maximum atomic E-state index is 5.49. The minimum absolute atomic E-state index is 0.529. The van der Waals surface area contributed by atoms with Crippen molar-refractivity contribution >= 4 is 19.0 Å². The van der Waals surface area contributed by atoms with Crippen LogP contribution < -0.4 is 0 Å². The van der Waals surface area contributed by atoms with Crippen LogP contribution in [0.25, 0.3) is 0 Å². The smallest absolute Gasteiger partial charge is 0.277 e. The number of hydrogen-bond acceptors (Lipinski definition) is 1. The predicted molar refractivity (Wildman–Crippen MR) is 36.6 cm³/mol. The van der Waals surface area contributed by atoms with Gasteiger partial charge in [0.1, 0.15) is 0 Å². The van der Waals surface area contributed by atoms with Gasteiger partial charge in [-0.1, -0.05) is 12.1 Å². The SMILES string of the molecule is ClCN1[B]C=CC=C1. The van der Waals surface area contributed by atoms with Crippen molar-refractivity contribution < 1.29 is 0 Å². The van der Waals surface area contributed by atoms with Gasteiger partial charge >= 0.3 is 0 Å². The van der Waals surface area contributed by atoms with Crippen LogP contribution in [-0.4, -0.2) is 18.2 Å². The summed E-state index contributed by atoms with van der Waals surface area (Å²) in [7, 11) is 1.92. The minimum Gasteiger partial charge on any atom is -0.408 e. The van der Waals surface area contributed by atoms with Crippen LogP contribution in [0.15, 0.2) is 24.3 Å². The molecule has 1 heterocycles. The number of nitrogens with zero attached hydrogens (tertiary/aromatic N) is 1. The summed E-state index contributed by atoms with van der Waals surface area (Å²) in [4.78, 5) is 1.89. The van der Waals surface area contributed by atoms with Crippen LogP contribution in [0.3, 0.4) is 0 Å². The summed E-state index contributed by atoms with van der Waals surface area (Å²) in [5.74, 6) is 1.95. The molecule has 0 aromatic rings. The topological polar surface area (TPSA) is 3.24 Å². The van der Waals surface area contributed by atoms with Crippen molar-refractivity contribution in [2.24, 2.45) is 0 Å². The zero-order chi connectivity index (χ0) is 5.82. The first-order valence-electron chi connectivity index (χ1n) is 2.43. The summed E-state index contributed by atoms with van der Waals surface area (Å²) in [6.45, 7) is 0. The Hall–Kier alpha value is -0.365. The van der Waals surface area contributed by atoms with Gasteiger partial charge in [0, 0.05) is 0 Å². The molecule has 1 aliphatic heterocycles. The number of rotatable bonds is 1. The lowest BCUT2D eigenvalue weighted by atomic mass is 9.90. The molecule has 0 aromatic heterocycles. The Labute approximate surface area is 54.9 Å². The molecule has 1 rings (SSSR count). The Morgan fingerprint density at radius 3 is 2.75 bits per heavy atom. The van der Waals surface area contributed by atoms with Crippen LogP contribution in [0.1, 0.15) is 0 Å². The number of halogens is 1. The van der Waals surface area contributed by atoms with Crippen LogP contribution >= 0.6 is 11.6 Å². The molecule has 0 unspecified atom stereocenters. The molecule has 0 N–H and O–H groups in total. The van der Waals surface area contributed by atoms with Gasteiger partial charge < -0.3 is 4.81 Å². The van der Waals surface area contributed by atoms with Crippen molar-refractivity contribution in [3.8, 4) is 0 Å². The standard InChI is InChI=1S/C5H6BClN/c7-5-8-4-2-1-3-6-8/h1-4H,5H2. The van der Waals surface area contributed by atoms with Crippen molar-refractivity contribution in [1.82, 2.24) is 4.81 Å². The first-order valence-corrected chi connectivity index (χ1v) is 2.97. The molecule has 8 heavy (non-hydrogen) atoms.